The molecule has 0 saturated carbocycles. The summed E-state index contributed by atoms with van der Waals surface area (Å²) in [5.74, 6) is 0.0800. The third-order valence-electron chi connectivity index (χ3n) is 3.52. The Labute approximate surface area is 137 Å². The minimum Gasteiger partial charge on any atom is -0.324 e. The van der Waals surface area contributed by atoms with E-state index in [1.165, 1.54) is 16.8 Å². The molecule has 0 atom stereocenters. The van der Waals surface area contributed by atoms with Crippen LogP contribution in [0, 0.1) is 12.7 Å². The Hall–Kier alpha value is -3.35. The molecular weight excluding hydrogens is 307 g/mol. The second kappa shape index (κ2) is 5.69. The fourth-order valence-corrected chi connectivity index (χ4v) is 2.42. The molecule has 0 bridgehead atoms. The van der Waals surface area contributed by atoms with Gasteiger partial charge in [0.05, 0.1) is 11.9 Å². The van der Waals surface area contributed by atoms with Crippen molar-refractivity contribution in [3.63, 3.8) is 0 Å². The van der Waals surface area contributed by atoms with E-state index in [0.717, 1.165) is 11.3 Å². The lowest BCUT2D eigenvalue weighted by molar-refractivity contribution is 0.625. The number of benzene rings is 2. The lowest BCUT2D eigenvalue weighted by Crippen LogP contribution is -2.01. The van der Waals surface area contributed by atoms with Gasteiger partial charge in [0.1, 0.15) is 5.82 Å². The number of fused-ring (bicyclic) bond motifs is 1. The van der Waals surface area contributed by atoms with Crippen LogP contribution in [0.1, 0.15) is 5.56 Å². The molecule has 0 fully saturated rings. The SMILES string of the molecule is Cc1cccc(Nc2ncc3nnn(-c4cccc(F)c4)c3n2)c1. The molecule has 0 radical (unpaired) electrons. The topological polar surface area (TPSA) is 68.5 Å². The van der Waals surface area contributed by atoms with Crippen molar-refractivity contribution >= 4 is 22.8 Å². The summed E-state index contributed by atoms with van der Waals surface area (Å²) in [5.41, 5.74) is 3.61. The second-order valence-electron chi connectivity index (χ2n) is 5.38. The summed E-state index contributed by atoms with van der Waals surface area (Å²) in [4.78, 5) is 8.70. The molecule has 0 spiro atoms. The van der Waals surface area contributed by atoms with Crippen molar-refractivity contribution in [2.45, 2.75) is 6.92 Å². The molecule has 24 heavy (non-hydrogen) atoms. The summed E-state index contributed by atoms with van der Waals surface area (Å²) in [6.45, 7) is 2.01. The smallest absolute Gasteiger partial charge is 0.229 e. The third-order valence-corrected chi connectivity index (χ3v) is 3.52. The number of aromatic nitrogens is 5. The van der Waals surface area contributed by atoms with E-state index in [9.17, 15) is 4.39 Å². The highest BCUT2D eigenvalue weighted by Gasteiger charge is 2.11. The zero-order valence-corrected chi connectivity index (χ0v) is 12.8. The van der Waals surface area contributed by atoms with Crippen LogP contribution in [0.15, 0.2) is 54.7 Å². The molecular formula is C17H13FN6. The van der Waals surface area contributed by atoms with E-state index < -0.39 is 0 Å². The molecule has 2 aromatic carbocycles. The van der Waals surface area contributed by atoms with Gasteiger partial charge in [-0.3, -0.25) is 0 Å². The lowest BCUT2D eigenvalue weighted by atomic mass is 10.2. The quantitative estimate of drug-likeness (QED) is 0.626. The summed E-state index contributed by atoms with van der Waals surface area (Å²) < 4.78 is 14.9. The zero-order valence-electron chi connectivity index (χ0n) is 12.8. The maximum Gasteiger partial charge on any atom is 0.229 e. The van der Waals surface area contributed by atoms with Crippen LogP contribution in [-0.2, 0) is 0 Å². The number of hydrogen-bond acceptors (Lipinski definition) is 5. The molecule has 2 aromatic heterocycles. The first-order valence-corrected chi connectivity index (χ1v) is 7.37. The number of hydrogen-bond donors (Lipinski definition) is 1. The summed E-state index contributed by atoms with van der Waals surface area (Å²) in [5, 5.41) is 11.2. The van der Waals surface area contributed by atoms with Gasteiger partial charge in [-0.1, -0.05) is 23.4 Å². The zero-order chi connectivity index (χ0) is 16.5. The number of aryl methyl sites for hydroxylation is 1. The van der Waals surface area contributed by atoms with Crippen LogP contribution in [0.25, 0.3) is 16.9 Å². The van der Waals surface area contributed by atoms with Crippen molar-refractivity contribution in [3.05, 3.63) is 66.1 Å². The summed E-state index contributed by atoms with van der Waals surface area (Å²) in [6, 6.07) is 14.0. The number of rotatable bonds is 3. The normalized spacial score (nSPS) is 10.9. The first-order valence-electron chi connectivity index (χ1n) is 7.37. The maximum absolute atomic E-state index is 13.5. The van der Waals surface area contributed by atoms with Gasteiger partial charge in [-0.2, -0.15) is 9.67 Å². The van der Waals surface area contributed by atoms with Gasteiger partial charge in [-0.05, 0) is 42.8 Å². The first kappa shape index (κ1) is 14.3. The second-order valence-corrected chi connectivity index (χ2v) is 5.38. The van der Waals surface area contributed by atoms with Crippen molar-refractivity contribution in [1.29, 1.82) is 0 Å². The number of nitrogens with zero attached hydrogens (tertiary/aromatic N) is 5. The predicted molar refractivity (Wildman–Crippen MR) is 88.9 cm³/mol. The highest BCUT2D eigenvalue weighted by atomic mass is 19.1. The van der Waals surface area contributed by atoms with Crippen LogP contribution in [0.3, 0.4) is 0 Å². The van der Waals surface area contributed by atoms with Gasteiger partial charge in [0.2, 0.25) is 5.95 Å². The molecule has 1 N–H and O–H groups in total. The van der Waals surface area contributed by atoms with E-state index in [0.29, 0.717) is 22.8 Å². The molecule has 118 valence electrons. The van der Waals surface area contributed by atoms with Crippen LogP contribution in [-0.4, -0.2) is 25.0 Å². The predicted octanol–water partition coefficient (Wildman–Crippen LogP) is 3.40. The summed E-state index contributed by atoms with van der Waals surface area (Å²) in [7, 11) is 0. The van der Waals surface area contributed by atoms with Crippen LogP contribution >= 0.6 is 0 Å². The Balaban J connectivity index is 1.76. The minimum absolute atomic E-state index is 0.344. The largest absolute Gasteiger partial charge is 0.324 e. The van der Waals surface area contributed by atoms with Gasteiger partial charge in [0.25, 0.3) is 0 Å². The number of nitrogens with one attached hydrogen (secondary N) is 1. The Morgan fingerprint density at radius 3 is 2.79 bits per heavy atom. The highest BCUT2D eigenvalue weighted by molar-refractivity contribution is 5.72. The number of anilines is 2. The maximum atomic E-state index is 13.5. The van der Waals surface area contributed by atoms with Gasteiger partial charge < -0.3 is 5.32 Å². The lowest BCUT2D eigenvalue weighted by Gasteiger charge is -2.06. The molecule has 0 aliphatic rings. The monoisotopic (exact) mass is 320 g/mol. The summed E-state index contributed by atoms with van der Waals surface area (Å²) in [6.07, 6.45) is 1.59. The van der Waals surface area contributed by atoms with E-state index in [1.54, 1.807) is 18.3 Å². The van der Waals surface area contributed by atoms with Crippen LogP contribution in [0.2, 0.25) is 0 Å². The Morgan fingerprint density at radius 2 is 1.96 bits per heavy atom. The Morgan fingerprint density at radius 1 is 1.08 bits per heavy atom. The van der Waals surface area contributed by atoms with Crippen molar-refractivity contribution in [1.82, 2.24) is 25.0 Å². The van der Waals surface area contributed by atoms with Gasteiger partial charge in [-0.15, -0.1) is 5.10 Å². The van der Waals surface area contributed by atoms with E-state index in [2.05, 4.69) is 25.6 Å². The van der Waals surface area contributed by atoms with Crippen LogP contribution < -0.4 is 5.32 Å². The third kappa shape index (κ3) is 2.67. The van der Waals surface area contributed by atoms with Crippen LogP contribution in [0.5, 0.6) is 0 Å². The van der Waals surface area contributed by atoms with Crippen molar-refractivity contribution in [2.24, 2.45) is 0 Å². The Kier molecular flexibility index (Phi) is 3.38. The minimum atomic E-state index is -0.344. The molecule has 4 aromatic rings. The van der Waals surface area contributed by atoms with E-state index in [1.807, 2.05) is 31.2 Å². The molecule has 0 unspecified atom stereocenters. The van der Waals surface area contributed by atoms with E-state index >= 15 is 0 Å². The van der Waals surface area contributed by atoms with Gasteiger partial charge >= 0.3 is 0 Å². The van der Waals surface area contributed by atoms with Gasteiger partial charge in [-0.25, -0.2) is 9.37 Å². The molecule has 4 rings (SSSR count). The summed E-state index contributed by atoms with van der Waals surface area (Å²) >= 11 is 0. The molecule has 2 heterocycles. The van der Waals surface area contributed by atoms with Crippen LogP contribution in [0.4, 0.5) is 16.0 Å². The highest BCUT2D eigenvalue weighted by Crippen LogP contribution is 2.18. The molecule has 0 aliphatic carbocycles. The van der Waals surface area contributed by atoms with E-state index in [-0.39, 0.29) is 5.82 Å². The van der Waals surface area contributed by atoms with Crippen molar-refractivity contribution in [2.75, 3.05) is 5.32 Å². The molecule has 7 heteroatoms. The molecule has 0 amide bonds. The average Bonchev–Trinajstić information content (AvgIpc) is 2.98. The molecule has 0 aliphatic heterocycles. The van der Waals surface area contributed by atoms with Crippen molar-refractivity contribution < 1.29 is 4.39 Å². The molecule has 0 saturated heterocycles. The fourth-order valence-electron chi connectivity index (χ4n) is 2.42. The van der Waals surface area contributed by atoms with Gasteiger partial charge in [0, 0.05) is 5.69 Å². The van der Waals surface area contributed by atoms with E-state index in [4.69, 9.17) is 0 Å². The molecule has 6 nitrogen and oxygen atoms in total. The first-order chi connectivity index (χ1) is 11.7. The van der Waals surface area contributed by atoms with Crippen molar-refractivity contribution in [3.8, 4) is 5.69 Å². The van der Waals surface area contributed by atoms with Gasteiger partial charge in [0.15, 0.2) is 11.2 Å². The average molecular weight is 320 g/mol. The fraction of sp³-hybridized carbons (Fsp3) is 0.0588. The number of halogens is 1. The standard InChI is InChI=1S/C17H13FN6/c1-11-4-2-6-13(8-11)20-17-19-10-15-16(21-17)24(23-22-15)14-7-3-5-12(18)9-14/h2-10H,1H3,(H,19,20,21). The Bertz CT molecular complexity index is 1030.